The molecule has 1 heterocycles. The summed E-state index contributed by atoms with van der Waals surface area (Å²) in [6, 6.07) is 7.45. The molecule has 0 aliphatic heterocycles. The van der Waals surface area contributed by atoms with Crippen LogP contribution in [0.2, 0.25) is 0 Å². The molecule has 108 valence electrons. The van der Waals surface area contributed by atoms with Gasteiger partial charge >= 0.3 is 0 Å². The zero-order chi connectivity index (χ0) is 14.7. The minimum absolute atomic E-state index is 0.199. The van der Waals surface area contributed by atoms with Crippen molar-refractivity contribution in [1.29, 1.82) is 0 Å². The van der Waals surface area contributed by atoms with Crippen LogP contribution >= 0.6 is 0 Å². The molecule has 20 heavy (non-hydrogen) atoms. The molecule has 0 radical (unpaired) electrons. The van der Waals surface area contributed by atoms with Crippen molar-refractivity contribution in [3.05, 3.63) is 59.1 Å². The van der Waals surface area contributed by atoms with E-state index in [1.807, 2.05) is 31.0 Å². The van der Waals surface area contributed by atoms with Crippen molar-refractivity contribution in [2.24, 2.45) is 5.73 Å². The molecule has 0 bridgehead atoms. The number of nitrogens with zero attached hydrogens (tertiary/aromatic N) is 1. The molecule has 0 fully saturated rings. The molecule has 0 saturated carbocycles. The summed E-state index contributed by atoms with van der Waals surface area (Å²) in [7, 11) is 1.87. The molecular formula is C15H18F2N2O. The van der Waals surface area contributed by atoms with Crippen LogP contribution in [0.15, 0.2) is 34.7 Å². The maximum absolute atomic E-state index is 13.3. The van der Waals surface area contributed by atoms with Gasteiger partial charge in [-0.15, -0.1) is 0 Å². The van der Waals surface area contributed by atoms with E-state index >= 15 is 0 Å². The minimum atomic E-state index is -0.858. The molecular weight excluding hydrogens is 262 g/mol. The maximum Gasteiger partial charge on any atom is 0.159 e. The van der Waals surface area contributed by atoms with Gasteiger partial charge in [-0.1, -0.05) is 6.07 Å². The molecule has 0 amide bonds. The van der Waals surface area contributed by atoms with Crippen LogP contribution < -0.4 is 5.73 Å². The number of aryl methyl sites for hydroxylation is 1. The third kappa shape index (κ3) is 3.23. The molecule has 0 aliphatic carbocycles. The quantitative estimate of drug-likeness (QED) is 0.915. The van der Waals surface area contributed by atoms with Crippen molar-refractivity contribution in [1.82, 2.24) is 4.90 Å². The van der Waals surface area contributed by atoms with E-state index in [-0.39, 0.29) is 6.04 Å². The van der Waals surface area contributed by atoms with Gasteiger partial charge in [-0.25, -0.2) is 8.78 Å². The van der Waals surface area contributed by atoms with Gasteiger partial charge in [0.2, 0.25) is 0 Å². The molecule has 2 rings (SSSR count). The molecule has 0 spiro atoms. The zero-order valence-electron chi connectivity index (χ0n) is 11.6. The highest BCUT2D eigenvalue weighted by molar-refractivity contribution is 5.22. The number of furan rings is 1. The highest BCUT2D eigenvalue weighted by Crippen LogP contribution is 2.22. The average Bonchev–Trinajstić information content (AvgIpc) is 2.80. The number of benzene rings is 1. The van der Waals surface area contributed by atoms with Gasteiger partial charge in [-0.2, -0.15) is 0 Å². The third-order valence-corrected chi connectivity index (χ3v) is 3.29. The SMILES string of the molecule is Cc1ccc(CN(C)C(CN)c2ccc(F)c(F)c2)o1. The van der Waals surface area contributed by atoms with Gasteiger partial charge in [0.15, 0.2) is 11.6 Å². The number of hydrogen-bond donors (Lipinski definition) is 1. The lowest BCUT2D eigenvalue weighted by Crippen LogP contribution is -2.30. The van der Waals surface area contributed by atoms with Crippen molar-refractivity contribution >= 4 is 0 Å². The predicted molar refractivity (Wildman–Crippen MR) is 73.1 cm³/mol. The first-order valence-electron chi connectivity index (χ1n) is 6.42. The van der Waals surface area contributed by atoms with Crippen LogP contribution in [-0.2, 0) is 6.54 Å². The monoisotopic (exact) mass is 280 g/mol. The number of halogens is 2. The van der Waals surface area contributed by atoms with Crippen LogP contribution in [0.5, 0.6) is 0 Å². The first-order chi connectivity index (χ1) is 9.51. The Morgan fingerprint density at radius 3 is 2.50 bits per heavy atom. The van der Waals surface area contributed by atoms with E-state index in [1.54, 1.807) is 6.07 Å². The van der Waals surface area contributed by atoms with Crippen molar-refractivity contribution in [2.75, 3.05) is 13.6 Å². The third-order valence-electron chi connectivity index (χ3n) is 3.29. The van der Waals surface area contributed by atoms with E-state index in [1.165, 1.54) is 6.07 Å². The van der Waals surface area contributed by atoms with Crippen molar-refractivity contribution in [3.8, 4) is 0 Å². The van der Waals surface area contributed by atoms with Crippen LogP contribution in [-0.4, -0.2) is 18.5 Å². The second kappa shape index (κ2) is 6.15. The van der Waals surface area contributed by atoms with Crippen molar-refractivity contribution < 1.29 is 13.2 Å². The van der Waals surface area contributed by atoms with Crippen molar-refractivity contribution in [2.45, 2.75) is 19.5 Å². The highest BCUT2D eigenvalue weighted by atomic mass is 19.2. The molecule has 2 N–H and O–H groups in total. The summed E-state index contributed by atoms with van der Waals surface area (Å²) in [6.45, 7) is 2.73. The van der Waals surface area contributed by atoms with Crippen LogP contribution in [0.25, 0.3) is 0 Å². The summed E-state index contributed by atoms with van der Waals surface area (Å²) in [4.78, 5) is 1.95. The molecule has 1 atom stereocenters. The van der Waals surface area contributed by atoms with Gasteiger partial charge in [0.1, 0.15) is 11.5 Å². The Morgan fingerprint density at radius 1 is 1.20 bits per heavy atom. The largest absolute Gasteiger partial charge is 0.465 e. The normalized spacial score (nSPS) is 12.9. The fourth-order valence-electron chi connectivity index (χ4n) is 2.22. The Kier molecular flexibility index (Phi) is 4.52. The molecule has 0 aliphatic rings. The lowest BCUT2D eigenvalue weighted by atomic mass is 10.1. The summed E-state index contributed by atoms with van der Waals surface area (Å²) in [5.41, 5.74) is 6.41. The number of likely N-dealkylation sites (N-methyl/N-ethyl adjacent to an activating group) is 1. The predicted octanol–water partition coefficient (Wildman–Crippen LogP) is 3.00. The Hall–Kier alpha value is -1.72. The average molecular weight is 280 g/mol. The lowest BCUT2D eigenvalue weighted by Gasteiger charge is -2.26. The van der Waals surface area contributed by atoms with E-state index < -0.39 is 11.6 Å². The Morgan fingerprint density at radius 2 is 1.95 bits per heavy atom. The fourth-order valence-corrected chi connectivity index (χ4v) is 2.22. The van der Waals surface area contributed by atoms with Gasteiger partial charge in [-0.3, -0.25) is 4.90 Å². The molecule has 0 saturated heterocycles. The second-order valence-corrected chi connectivity index (χ2v) is 4.85. The fraction of sp³-hybridized carbons (Fsp3) is 0.333. The Labute approximate surface area is 117 Å². The lowest BCUT2D eigenvalue weighted by molar-refractivity contribution is 0.221. The molecule has 1 aromatic carbocycles. The second-order valence-electron chi connectivity index (χ2n) is 4.85. The van der Waals surface area contributed by atoms with E-state index in [0.29, 0.717) is 18.7 Å². The van der Waals surface area contributed by atoms with Crippen molar-refractivity contribution in [3.63, 3.8) is 0 Å². The van der Waals surface area contributed by atoms with E-state index in [4.69, 9.17) is 10.2 Å². The molecule has 1 aromatic heterocycles. The maximum atomic E-state index is 13.3. The van der Waals surface area contributed by atoms with Crippen LogP contribution in [0, 0.1) is 18.6 Å². The Bertz CT molecular complexity index is 583. The highest BCUT2D eigenvalue weighted by Gasteiger charge is 2.18. The van der Waals surface area contributed by atoms with Gasteiger partial charge in [0.05, 0.1) is 6.54 Å². The zero-order valence-corrected chi connectivity index (χ0v) is 11.6. The summed E-state index contributed by atoms with van der Waals surface area (Å²) < 4.78 is 31.8. The van der Waals surface area contributed by atoms with E-state index in [9.17, 15) is 8.78 Å². The van der Waals surface area contributed by atoms with Crippen LogP contribution in [0.3, 0.4) is 0 Å². The topological polar surface area (TPSA) is 42.4 Å². The van der Waals surface area contributed by atoms with E-state index in [2.05, 4.69) is 0 Å². The molecule has 5 heteroatoms. The molecule has 1 unspecified atom stereocenters. The standard InChI is InChI=1S/C15H18F2N2O/c1-10-3-5-12(20-10)9-19(2)15(8-18)11-4-6-13(16)14(17)7-11/h3-7,15H,8-9,18H2,1-2H3. The molecule has 3 nitrogen and oxygen atoms in total. The van der Waals surface area contributed by atoms with E-state index in [0.717, 1.165) is 17.6 Å². The van der Waals surface area contributed by atoms with Gasteiger partial charge < -0.3 is 10.2 Å². The van der Waals surface area contributed by atoms with Gasteiger partial charge in [0, 0.05) is 12.6 Å². The first-order valence-corrected chi connectivity index (χ1v) is 6.42. The van der Waals surface area contributed by atoms with Crippen LogP contribution in [0.1, 0.15) is 23.1 Å². The summed E-state index contributed by atoms with van der Waals surface area (Å²) in [5.74, 6) is -0.0615. The number of hydrogen-bond acceptors (Lipinski definition) is 3. The number of rotatable bonds is 5. The molecule has 2 aromatic rings. The minimum Gasteiger partial charge on any atom is -0.465 e. The summed E-state index contributed by atoms with van der Waals surface area (Å²) in [5, 5.41) is 0. The van der Waals surface area contributed by atoms with Gasteiger partial charge in [-0.05, 0) is 43.8 Å². The number of nitrogens with two attached hydrogens (primary N) is 1. The Balaban J connectivity index is 2.16. The first kappa shape index (κ1) is 14.7. The summed E-state index contributed by atoms with van der Waals surface area (Å²) >= 11 is 0. The smallest absolute Gasteiger partial charge is 0.159 e. The van der Waals surface area contributed by atoms with Crippen LogP contribution in [0.4, 0.5) is 8.78 Å². The van der Waals surface area contributed by atoms with Gasteiger partial charge in [0.25, 0.3) is 0 Å². The summed E-state index contributed by atoms with van der Waals surface area (Å²) in [6.07, 6.45) is 0.